The first kappa shape index (κ1) is 12.8. The molecule has 20 heavy (non-hydrogen) atoms. The molecule has 0 fully saturated rings. The van der Waals surface area contributed by atoms with Crippen LogP contribution < -0.4 is 0 Å². The highest BCUT2D eigenvalue weighted by molar-refractivity contribution is 5.79. The molecule has 0 aliphatic heterocycles. The lowest BCUT2D eigenvalue weighted by Crippen LogP contribution is -2.21. The molecule has 0 aliphatic rings. The van der Waals surface area contributed by atoms with E-state index in [1.54, 1.807) is 31.2 Å². The van der Waals surface area contributed by atoms with Gasteiger partial charge in [0.1, 0.15) is 22.7 Å². The maximum absolute atomic E-state index is 10.7. The summed E-state index contributed by atoms with van der Waals surface area (Å²) in [5.41, 5.74) is 1.34. The van der Waals surface area contributed by atoms with Crippen molar-refractivity contribution in [3.8, 4) is 5.75 Å². The highest BCUT2D eigenvalue weighted by Gasteiger charge is 2.29. The summed E-state index contributed by atoms with van der Waals surface area (Å²) in [6.45, 7) is 3.70. The van der Waals surface area contributed by atoms with Crippen molar-refractivity contribution in [3.63, 3.8) is 0 Å². The molecule has 1 unspecified atom stereocenters. The molecule has 1 atom stereocenters. The van der Waals surface area contributed by atoms with Gasteiger partial charge in [-0.25, -0.2) is 0 Å². The average molecular weight is 268 g/mol. The molecule has 3 heteroatoms. The van der Waals surface area contributed by atoms with Crippen molar-refractivity contribution in [2.45, 2.75) is 19.4 Å². The molecule has 102 valence electrons. The minimum Gasteiger partial charge on any atom is -0.508 e. The Kier molecular flexibility index (Phi) is 2.80. The SMILES string of the molecule is Cc1ccc2oc(C(C)(O)c3ccc(O)cc3)cc2c1. The molecule has 1 heterocycles. The molecule has 0 radical (unpaired) electrons. The zero-order valence-electron chi connectivity index (χ0n) is 11.4. The van der Waals surface area contributed by atoms with E-state index in [-0.39, 0.29) is 5.75 Å². The first-order valence-electron chi connectivity index (χ1n) is 6.49. The zero-order valence-corrected chi connectivity index (χ0v) is 11.4. The number of aliphatic hydroxyl groups is 1. The van der Waals surface area contributed by atoms with Gasteiger partial charge in [0.05, 0.1) is 0 Å². The molecule has 2 aromatic carbocycles. The fourth-order valence-electron chi connectivity index (χ4n) is 2.33. The second kappa shape index (κ2) is 4.39. The third-order valence-corrected chi connectivity index (χ3v) is 3.58. The van der Waals surface area contributed by atoms with E-state index in [1.807, 2.05) is 31.2 Å². The number of aryl methyl sites for hydroxylation is 1. The van der Waals surface area contributed by atoms with Crippen molar-refractivity contribution >= 4 is 11.0 Å². The fraction of sp³-hybridized carbons (Fsp3) is 0.176. The fourth-order valence-corrected chi connectivity index (χ4v) is 2.33. The predicted octanol–water partition coefficient (Wildman–Crippen LogP) is 3.70. The highest BCUT2D eigenvalue weighted by atomic mass is 16.4. The van der Waals surface area contributed by atoms with Crippen molar-refractivity contribution < 1.29 is 14.6 Å². The van der Waals surface area contributed by atoms with Crippen LogP contribution in [0, 0.1) is 6.92 Å². The van der Waals surface area contributed by atoms with Crippen LogP contribution in [0.2, 0.25) is 0 Å². The first-order chi connectivity index (χ1) is 9.46. The van der Waals surface area contributed by atoms with Crippen LogP contribution in [-0.2, 0) is 5.60 Å². The van der Waals surface area contributed by atoms with E-state index in [0.29, 0.717) is 11.3 Å². The van der Waals surface area contributed by atoms with Crippen LogP contribution in [0.4, 0.5) is 0 Å². The van der Waals surface area contributed by atoms with Crippen LogP contribution >= 0.6 is 0 Å². The average Bonchev–Trinajstić information content (AvgIpc) is 2.83. The Morgan fingerprint density at radius 3 is 2.40 bits per heavy atom. The summed E-state index contributed by atoms with van der Waals surface area (Å²) in [6.07, 6.45) is 0. The van der Waals surface area contributed by atoms with Gasteiger partial charge in [-0.1, -0.05) is 23.8 Å². The van der Waals surface area contributed by atoms with Gasteiger partial charge in [-0.05, 0) is 49.7 Å². The molecule has 0 saturated heterocycles. The van der Waals surface area contributed by atoms with Crippen LogP contribution in [0.25, 0.3) is 11.0 Å². The van der Waals surface area contributed by atoms with Crippen LogP contribution in [0.3, 0.4) is 0 Å². The van der Waals surface area contributed by atoms with Gasteiger partial charge in [-0.15, -0.1) is 0 Å². The number of benzene rings is 2. The number of phenolic OH excluding ortho intramolecular Hbond substituents is 1. The van der Waals surface area contributed by atoms with Crippen molar-refractivity contribution in [2.75, 3.05) is 0 Å². The van der Waals surface area contributed by atoms with Crippen molar-refractivity contribution in [3.05, 3.63) is 65.4 Å². The Morgan fingerprint density at radius 1 is 1.00 bits per heavy atom. The maximum Gasteiger partial charge on any atom is 0.144 e. The highest BCUT2D eigenvalue weighted by Crippen LogP contribution is 2.34. The molecule has 0 amide bonds. The summed E-state index contributed by atoms with van der Waals surface area (Å²) in [7, 11) is 0. The normalized spacial score (nSPS) is 14.3. The van der Waals surface area contributed by atoms with Gasteiger partial charge < -0.3 is 14.6 Å². The molecule has 0 saturated carbocycles. The molecule has 3 nitrogen and oxygen atoms in total. The van der Waals surface area contributed by atoms with Gasteiger partial charge in [-0.3, -0.25) is 0 Å². The molecule has 3 aromatic rings. The number of hydrogen-bond acceptors (Lipinski definition) is 3. The van der Waals surface area contributed by atoms with E-state index >= 15 is 0 Å². The summed E-state index contributed by atoms with van der Waals surface area (Å²) in [4.78, 5) is 0. The minimum atomic E-state index is -1.24. The quantitative estimate of drug-likeness (QED) is 0.745. The van der Waals surface area contributed by atoms with E-state index in [1.165, 1.54) is 0 Å². The number of phenols is 1. The smallest absolute Gasteiger partial charge is 0.144 e. The molecule has 0 spiro atoms. The Morgan fingerprint density at radius 2 is 1.70 bits per heavy atom. The molecular formula is C17H16O3. The topological polar surface area (TPSA) is 53.6 Å². The first-order valence-corrected chi connectivity index (χ1v) is 6.49. The van der Waals surface area contributed by atoms with Crippen LogP contribution in [0.1, 0.15) is 23.8 Å². The van der Waals surface area contributed by atoms with Gasteiger partial charge in [-0.2, -0.15) is 0 Å². The standard InChI is InChI=1S/C17H16O3/c1-11-3-8-15-12(9-11)10-16(20-15)17(2,19)13-4-6-14(18)7-5-13/h3-10,18-19H,1-2H3. The van der Waals surface area contributed by atoms with Crippen LogP contribution in [-0.4, -0.2) is 10.2 Å². The summed E-state index contributed by atoms with van der Waals surface area (Å²) < 4.78 is 5.76. The number of rotatable bonds is 2. The van der Waals surface area contributed by atoms with Crippen molar-refractivity contribution in [1.29, 1.82) is 0 Å². The predicted molar refractivity (Wildman–Crippen MR) is 77.7 cm³/mol. The van der Waals surface area contributed by atoms with E-state index in [0.717, 1.165) is 16.5 Å². The summed E-state index contributed by atoms with van der Waals surface area (Å²) in [5, 5.41) is 21.0. The minimum absolute atomic E-state index is 0.171. The molecule has 2 N–H and O–H groups in total. The second-order valence-corrected chi connectivity index (χ2v) is 5.27. The largest absolute Gasteiger partial charge is 0.508 e. The second-order valence-electron chi connectivity index (χ2n) is 5.27. The Balaban J connectivity index is 2.10. The van der Waals surface area contributed by atoms with Crippen molar-refractivity contribution in [1.82, 2.24) is 0 Å². The zero-order chi connectivity index (χ0) is 14.3. The van der Waals surface area contributed by atoms with Gasteiger partial charge in [0.15, 0.2) is 0 Å². The number of aromatic hydroxyl groups is 1. The number of fused-ring (bicyclic) bond motifs is 1. The summed E-state index contributed by atoms with van der Waals surface area (Å²) >= 11 is 0. The lowest BCUT2D eigenvalue weighted by molar-refractivity contribution is 0.0786. The Hall–Kier alpha value is -2.26. The maximum atomic E-state index is 10.7. The van der Waals surface area contributed by atoms with E-state index in [9.17, 15) is 10.2 Å². The van der Waals surface area contributed by atoms with Gasteiger partial charge in [0.2, 0.25) is 0 Å². The Labute approximate surface area is 117 Å². The van der Waals surface area contributed by atoms with Gasteiger partial charge >= 0.3 is 0 Å². The van der Waals surface area contributed by atoms with E-state index < -0.39 is 5.60 Å². The third kappa shape index (κ3) is 2.06. The van der Waals surface area contributed by atoms with Crippen LogP contribution in [0.5, 0.6) is 5.75 Å². The van der Waals surface area contributed by atoms with Gasteiger partial charge in [0.25, 0.3) is 0 Å². The summed E-state index contributed by atoms with van der Waals surface area (Å²) in [5.74, 6) is 0.661. The number of hydrogen-bond donors (Lipinski definition) is 2. The molecular weight excluding hydrogens is 252 g/mol. The van der Waals surface area contributed by atoms with Crippen molar-refractivity contribution in [2.24, 2.45) is 0 Å². The molecule has 3 rings (SSSR count). The molecule has 0 aliphatic carbocycles. The van der Waals surface area contributed by atoms with Crippen LogP contribution in [0.15, 0.2) is 52.9 Å². The van der Waals surface area contributed by atoms with E-state index in [4.69, 9.17) is 4.42 Å². The summed E-state index contributed by atoms with van der Waals surface area (Å²) in [6, 6.07) is 14.2. The lowest BCUT2D eigenvalue weighted by Gasteiger charge is -2.21. The number of furan rings is 1. The van der Waals surface area contributed by atoms with E-state index in [2.05, 4.69) is 0 Å². The third-order valence-electron chi connectivity index (χ3n) is 3.58. The Bertz CT molecular complexity index is 752. The molecule has 1 aromatic heterocycles. The van der Waals surface area contributed by atoms with Gasteiger partial charge in [0, 0.05) is 5.39 Å². The lowest BCUT2D eigenvalue weighted by atomic mass is 9.93. The molecule has 0 bridgehead atoms. The monoisotopic (exact) mass is 268 g/mol.